The number of allylic oxidation sites excluding steroid dienone is 2. The van der Waals surface area contributed by atoms with Crippen LogP contribution in [0.3, 0.4) is 0 Å². The van der Waals surface area contributed by atoms with Crippen molar-refractivity contribution in [2.45, 2.75) is 0 Å². The van der Waals surface area contributed by atoms with Gasteiger partial charge in [-0.1, -0.05) is 6.08 Å². The molecule has 0 amide bonds. The molecule has 0 aromatic heterocycles. The van der Waals surface area contributed by atoms with E-state index in [4.69, 9.17) is 0 Å². The molecule has 5 nitrogen and oxygen atoms in total. The van der Waals surface area contributed by atoms with Crippen LogP contribution in [0.2, 0.25) is 0 Å². The molecule has 0 spiro atoms. The number of hydrogen-bond acceptors (Lipinski definition) is 5. The van der Waals surface area contributed by atoms with Gasteiger partial charge in [0.15, 0.2) is 11.6 Å². The van der Waals surface area contributed by atoms with Gasteiger partial charge in [-0.05, 0) is 12.2 Å². The van der Waals surface area contributed by atoms with E-state index in [1.165, 1.54) is 18.2 Å². The van der Waals surface area contributed by atoms with Gasteiger partial charge in [0, 0.05) is 18.3 Å². The maximum Gasteiger partial charge on any atom is 0.355 e. The fraction of sp³-hybridized carbons (Fsp3) is 0.125. The van der Waals surface area contributed by atoms with Crippen molar-refractivity contribution in [3.63, 3.8) is 0 Å². The Labute approximate surface area is 135 Å². The molecule has 8 heteroatoms. The number of esters is 2. The number of benzene rings is 1. The van der Waals surface area contributed by atoms with Crippen LogP contribution in [-0.2, 0) is 19.1 Å². The molecule has 0 aliphatic carbocycles. The predicted molar refractivity (Wildman–Crippen MR) is 78.1 cm³/mol. The van der Waals surface area contributed by atoms with Crippen LogP contribution in [0.25, 0.3) is 0 Å². The third kappa shape index (κ3) is 3.17. The van der Waals surface area contributed by atoms with Crippen LogP contribution in [0, 0.1) is 17.5 Å². The van der Waals surface area contributed by atoms with E-state index in [0.29, 0.717) is 12.1 Å². The van der Waals surface area contributed by atoms with Crippen molar-refractivity contribution in [3.8, 4) is 0 Å². The third-order valence-electron chi connectivity index (χ3n) is 3.12. The van der Waals surface area contributed by atoms with Crippen LogP contribution in [-0.4, -0.2) is 26.2 Å². The van der Waals surface area contributed by atoms with E-state index in [9.17, 15) is 22.8 Å². The van der Waals surface area contributed by atoms with E-state index in [1.807, 2.05) is 0 Å². The van der Waals surface area contributed by atoms with Gasteiger partial charge in [0.1, 0.15) is 11.5 Å². The SMILES string of the molecule is COC(=O)C1=C(C(=O)OC)N(c2cc(F)cc(F)c2F)C=CC=C1. The summed E-state index contributed by atoms with van der Waals surface area (Å²) in [6.45, 7) is 0. The number of hydrogen-bond donors (Lipinski definition) is 0. The van der Waals surface area contributed by atoms with Gasteiger partial charge in [0.05, 0.1) is 25.5 Å². The minimum Gasteiger partial charge on any atom is -0.465 e. The summed E-state index contributed by atoms with van der Waals surface area (Å²) in [7, 11) is 2.13. The molecule has 0 fully saturated rings. The number of rotatable bonds is 3. The molecule has 24 heavy (non-hydrogen) atoms. The Balaban J connectivity index is 2.75. The first kappa shape index (κ1) is 17.3. The topological polar surface area (TPSA) is 55.8 Å². The maximum absolute atomic E-state index is 14.1. The Morgan fingerprint density at radius 1 is 1.00 bits per heavy atom. The fourth-order valence-electron chi connectivity index (χ4n) is 2.07. The molecule has 0 radical (unpaired) electrons. The lowest BCUT2D eigenvalue weighted by Crippen LogP contribution is -2.27. The summed E-state index contributed by atoms with van der Waals surface area (Å²) < 4.78 is 50.3. The average molecular weight is 339 g/mol. The summed E-state index contributed by atoms with van der Waals surface area (Å²) in [6.07, 6.45) is 5.13. The van der Waals surface area contributed by atoms with Gasteiger partial charge in [0.25, 0.3) is 0 Å². The number of methoxy groups -OCH3 is 2. The van der Waals surface area contributed by atoms with Gasteiger partial charge in [-0.15, -0.1) is 0 Å². The van der Waals surface area contributed by atoms with Gasteiger partial charge >= 0.3 is 11.9 Å². The average Bonchev–Trinajstić information content (AvgIpc) is 2.79. The zero-order chi connectivity index (χ0) is 17.9. The van der Waals surface area contributed by atoms with Crippen LogP contribution < -0.4 is 4.90 Å². The van der Waals surface area contributed by atoms with Crippen LogP contribution in [0.4, 0.5) is 18.9 Å². The highest BCUT2D eigenvalue weighted by atomic mass is 19.2. The molecule has 0 saturated heterocycles. The van der Waals surface area contributed by atoms with E-state index in [2.05, 4.69) is 9.47 Å². The first-order valence-electron chi connectivity index (χ1n) is 6.60. The summed E-state index contributed by atoms with van der Waals surface area (Å²) in [5.74, 6) is -5.82. The molecule has 1 aliphatic rings. The summed E-state index contributed by atoms with van der Waals surface area (Å²) in [5, 5.41) is 0. The predicted octanol–water partition coefficient (Wildman–Crippen LogP) is 2.59. The normalized spacial score (nSPS) is 13.8. The van der Waals surface area contributed by atoms with Crippen molar-refractivity contribution in [2.75, 3.05) is 19.1 Å². The monoisotopic (exact) mass is 339 g/mol. The Morgan fingerprint density at radius 2 is 1.67 bits per heavy atom. The fourth-order valence-corrected chi connectivity index (χ4v) is 2.07. The van der Waals surface area contributed by atoms with Crippen molar-refractivity contribution in [2.24, 2.45) is 0 Å². The lowest BCUT2D eigenvalue weighted by atomic mass is 10.1. The van der Waals surface area contributed by atoms with Gasteiger partial charge in [0.2, 0.25) is 0 Å². The zero-order valence-electron chi connectivity index (χ0n) is 12.7. The van der Waals surface area contributed by atoms with E-state index in [-0.39, 0.29) is 5.57 Å². The highest BCUT2D eigenvalue weighted by Gasteiger charge is 2.29. The molecule has 1 aliphatic heterocycles. The van der Waals surface area contributed by atoms with E-state index >= 15 is 0 Å². The van der Waals surface area contributed by atoms with Crippen LogP contribution in [0.1, 0.15) is 0 Å². The van der Waals surface area contributed by atoms with Crippen molar-refractivity contribution in [1.82, 2.24) is 0 Å². The van der Waals surface area contributed by atoms with Gasteiger partial charge in [-0.3, -0.25) is 0 Å². The molecule has 0 bridgehead atoms. The van der Waals surface area contributed by atoms with Gasteiger partial charge < -0.3 is 14.4 Å². The lowest BCUT2D eigenvalue weighted by Gasteiger charge is -2.23. The standard InChI is InChI=1S/C16H12F3NO4/c1-23-15(21)10-5-3-4-6-20(14(10)16(22)24-2)12-8-9(17)7-11(18)13(12)19/h3-8H,1-2H3. The number of anilines is 1. The van der Waals surface area contributed by atoms with E-state index in [0.717, 1.165) is 25.3 Å². The summed E-state index contributed by atoms with van der Waals surface area (Å²) >= 11 is 0. The quantitative estimate of drug-likeness (QED) is 0.626. The summed E-state index contributed by atoms with van der Waals surface area (Å²) in [6, 6.07) is 1.05. The molecule has 0 unspecified atom stereocenters. The molecule has 0 atom stereocenters. The van der Waals surface area contributed by atoms with Crippen LogP contribution in [0.15, 0.2) is 47.8 Å². The number of carbonyl (C=O) groups is 2. The summed E-state index contributed by atoms with van der Waals surface area (Å²) in [4.78, 5) is 24.8. The molecule has 1 aromatic carbocycles. The number of ether oxygens (including phenoxy) is 2. The zero-order valence-corrected chi connectivity index (χ0v) is 12.7. The Bertz CT molecular complexity index is 784. The molecule has 126 valence electrons. The Hall–Kier alpha value is -3.03. The minimum absolute atomic E-state index is 0.265. The first-order valence-corrected chi connectivity index (χ1v) is 6.60. The molecule has 1 heterocycles. The number of halogens is 3. The molecular weight excluding hydrogens is 327 g/mol. The third-order valence-corrected chi connectivity index (χ3v) is 3.12. The highest BCUT2D eigenvalue weighted by Crippen LogP contribution is 2.30. The first-order chi connectivity index (χ1) is 11.4. The summed E-state index contributed by atoms with van der Waals surface area (Å²) in [5.41, 5.74) is -1.31. The highest BCUT2D eigenvalue weighted by molar-refractivity contribution is 6.05. The van der Waals surface area contributed by atoms with Crippen molar-refractivity contribution < 1.29 is 32.2 Å². The largest absolute Gasteiger partial charge is 0.465 e. The minimum atomic E-state index is -1.44. The lowest BCUT2D eigenvalue weighted by molar-refractivity contribution is -0.139. The van der Waals surface area contributed by atoms with Crippen molar-refractivity contribution >= 4 is 17.6 Å². The van der Waals surface area contributed by atoms with E-state index in [1.54, 1.807) is 0 Å². The van der Waals surface area contributed by atoms with Gasteiger partial charge in [-0.25, -0.2) is 22.8 Å². The van der Waals surface area contributed by atoms with Gasteiger partial charge in [-0.2, -0.15) is 0 Å². The second-order valence-corrected chi connectivity index (χ2v) is 4.54. The molecule has 1 aromatic rings. The molecule has 2 rings (SSSR count). The van der Waals surface area contributed by atoms with Crippen LogP contribution >= 0.6 is 0 Å². The van der Waals surface area contributed by atoms with Crippen molar-refractivity contribution in [1.29, 1.82) is 0 Å². The molecule has 0 N–H and O–H groups in total. The maximum atomic E-state index is 14.1. The molecular formula is C16H12F3NO4. The number of nitrogens with zero attached hydrogens (tertiary/aromatic N) is 1. The second-order valence-electron chi connectivity index (χ2n) is 4.54. The van der Waals surface area contributed by atoms with Crippen LogP contribution in [0.5, 0.6) is 0 Å². The number of carbonyl (C=O) groups excluding carboxylic acids is 2. The Kier molecular flexibility index (Phi) is 5.08. The smallest absolute Gasteiger partial charge is 0.355 e. The molecule has 0 saturated carbocycles. The van der Waals surface area contributed by atoms with E-state index < -0.39 is 40.8 Å². The Morgan fingerprint density at radius 3 is 2.29 bits per heavy atom. The second kappa shape index (κ2) is 7.03. The van der Waals surface area contributed by atoms with Crippen molar-refractivity contribution in [3.05, 3.63) is 65.3 Å².